The predicted octanol–water partition coefficient (Wildman–Crippen LogP) is 5.83. The topological polar surface area (TPSA) is 92.4 Å². The van der Waals surface area contributed by atoms with Gasteiger partial charge in [0, 0.05) is 17.8 Å². The van der Waals surface area contributed by atoms with E-state index in [0.717, 1.165) is 42.8 Å². The first-order valence-corrected chi connectivity index (χ1v) is 11.6. The zero-order valence-electron chi connectivity index (χ0n) is 18.4. The number of carboxylic acids is 2. The molecule has 0 fully saturated rings. The summed E-state index contributed by atoms with van der Waals surface area (Å²) in [4.78, 5) is 28.6. The van der Waals surface area contributed by atoms with Gasteiger partial charge in [0.05, 0.1) is 23.0 Å². The van der Waals surface area contributed by atoms with Crippen LogP contribution in [0.5, 0.6) is 0 Å². The molecule has 0 amide bonds. The number of thiophene rings is 1. The molecule has 0 atom stereocenters. The molecule has 0 radical (unpaired) electrons. The van der Waals surface area contributed by atoms with Gasteiger partial charge >= 0.3 is 11.9 Å². The lowest BCUT2D eigenvalue weighted by molar-refractivity contribution is -0.130. The van der Waals surface area contributed by atoms with E-state index in [1.54, 1.807) is 30.5 Å². The number of rotatable bonds is 11. The number of nitrogens with zero attached hydrogens (tertiary/aromatic N) is 2. The highest BCUT2D eigenvalue weighted by atomic mass is 32.1. The molecule has 2 heterocycles. The van der Waals surface area contributed by atoms with E-state index in [4.69, 9.17) is 5.11 Å². The summed E-state index contributed by atoms with van der Waals surface area (Å²) in [6, 6.07) is 10.4. The Morgan fingerprint density at radius 3 is 2.41 bits per heavy atom. The van der Waals surface area contributed by atoms with Crippen molar-refractivity contribution in [2.24, 2.45) is 0 Å². The van der Waals surface area contributed by atoms with Crippen molar-refractivity contribution in [3.63, 3.8) is 0 Å². The van der Waals surface area contributed by atoms with E-state index < -0.39 is 11.9 Å². The van der Waals surface area contributed by atoms with Gasteiger partial charge < -0.3 is 14.8 Å². The monoisotopic (exact) mass is 452 g/mol. The van der Waals surface area contributed by atoms with Gasteiger partial charge in [0.1, 0.15) is 5.82 Å². The summed E-state index contributed by atoms with van der Waals surface area (Å²) in [6.07, 6.45) is 7.03. The summed E-state index contributed by atoms with van der Waals surface area (Å²) < 4.78 is 2.06. The molecule has 0 aliphatic heterocycles. The van der Waals surface area contributed by atoms with E-state index >= 15 is 0 Å². The SMILES string of the molecule is CCCCCCc1ncc(/C(C)=C(\C(=O)O)c2cccs2)n1Cc1ccc(C(=O)O)cc1. The Balaban J connectivity index is 2.01. The Bertz CT molecular complexity index is 1100. The van der Waals surface area contributed by atoms with Crippen LogP contribution in [0, 0.1) is 0 Å². The lowest BCUT2D eigenvalue weighted by Crippen LogP contribution is -2.10. The van der Waals surface area contributed by atoms with Crippen LogP contribution in [0.2, 0.25) is 0 Å². The Morgan fingerprint density at radius 1 is 1.06 bits per heavy atom. The molecule has 168 valence electrons. The van der Waals surface area contributed by atoms with E-state index in [9.17, 15) is 14.7 Å². The maximum Gasteiger partial charge on any atom is 0.337 e. The number of carbonyl (C=O) groups is 2. The first kappa shape index (κ1) is 23.5. The lowest BCUT2D eigenvalue weighted by Gasteiger charge is -2.15. The molecule has 0 bridgehead atoms. The molecule has 6 nitrogen and oxygen atoms in total. The van der Waals surface area contributed by atoms with E-state index in [0.29, 0.717) is 17.0 Å². The number of hydrogen-bond acceptors (Lipinski definition) is 4. The zero-order valence-corrected chi connectivity index (χ0v) is 19.2. The van der Waals surface area contributed by atoms with Crippen LogP contribution in [0.1, 0.15) is 71.8 Å². The van der Waals surface area contributed by atoms with Gasteiger partial charge in [0.2, 0.25) is 0 Å². The molecule has 7 heteroatoms. The van der Waals surface area contributed by atoms with Gasteiger partial charge in [-0.2, -0.15) is 0 Å². The van der Waals surface area contributed by atoms with Crippen molar-refractivity contribution < 1.29 is 19.8 Å². The number of carboxylic acid groups (broad SMARTS) is 2. The van der Waals surface area contributed by atoms with E-state index in [-0.39, 0.29) is 11.1 Å². The maximum absolute atomic E-state index is 12.1. The van der Waals surface area contributed by atoms with Crippen molar-refractivity contribution >= 4 is 34.4 Å². The third kappa shape index (κ3) is 5.53. The van der Waals surface area contributed by atoms with Crippen molar-refractivity contribution in [3.8, 4) is 0 Å². The molecule has 0 unspecified atom stereocenters. The van der Waals surface area contributed by atoms with Crippen LogP contribution in [0.4, 0.5) is 0 Å². The molecule has 0 saturated heterocycles. The minimum atomic E-state index is -0.965. The second kappa shape index (κ2) is 10.9. The number of unbranched alkanes of at least 4 members (excludes halogenated alkanes) is 3. The van der Waals surface area contributed by atoms with Crippen molar-refractivity contribution in [3.05, 3.63) is 75.5 Å². The highest BCUT2D eigenvalue weighted by molar-refractivity contribution is 7.11. The largest absolute Gasteiger partial charge is 0.478 e. The van der Waals surface area contributed by atoms with Gasteiger partial charge in [-0.15, -0.1) is 11.3 Å². The van der Waals surface area contributed by atoms with Gasteiger partial charge in [-0.3, -0.25) is 0 Å². The second-order valence-corrected chi connectivity index (χ2v) is 8.69. The number of aryl methyl sites for hydroxylation is 1. The molecule has 2 aromatic heterocycles. The van der Waals surface area contributed by atoms with Gasteiger partial charge in [-0.1, -0.05) is 44.4 Å². The van der Waals surface area contributed by atoms with E-state index in [2.05, 4.69) is 16.5 Å². The fraction of sp³-hybridized carbons (Fsp3) is 0.320. The lowest BCUT2D eigenvalue weighted by atomic mass is 10.0. The summed E-state index contributed by atoms with van der Waals surface area (Å²) in [6.45, 7) is 4.49. The fourth-order valence-corrected chi connectivity index (χ4v) is 4.55. The van der Waals surface area contributed by atoms with Crippen LogP contribution >= 0.6 is 11.3 Å². The summed E-state index contributed by atoms with van der Waals surface area (Å²) in [5.41, 5.74) is 2.88. The summed E-state index contributed by atoms with van der Waals surface area (Å²) in [5, 5.41) is 20.9. The van der Waals surface area contributed by atoms with Crippen molar-refractivity contribution in [2.45, 2.75) is 52.5 Å². The third-order valence-electron chi connectivity index (χ3n) is 5.47. The number of allylic oxidation sites excluding steroid dienone is 1. The molecular formula is C25H28N2O4S. The molecule has 3 rings (SSSR count). The Kier molecular flexibility index (Phi) is 8.00. The molecular weight excluding hydrogens is 424 g/mol. The van der Waals surface area contributed by atoms with Crippen LogP contribution in [-0.2, 0) is 17.8 Å². The quantitative estimate of drug-likeness (QED) is 0.282. The zero-order chi connectivity index (χ0) is 23.1. The van der Waals surface area contributed by atoms with Crippen molar-refractivity contribution in [2.75, 3.05) is 0 Å². The highest BCUT2D eigenvalue weighted by Crippen LogP contribution is 2.30. The van der Waals surface area contributed by atoms with Crippen LogP contribution < -0.4 is 0 Å². The van der Waals surface area contributed by atoms with Crippen molar-refractivity contribution in [1.82, 2.24) is 9.55 Å². The van der Waals surface area contributed by atoms with Crippen LogP contribution in [0.25, 0.3) is 11.1 Å². The van der Waals surface area contributed by atoms with Crippen LogP contribution in [0.15, 0.2) is 48.0 Å². The summed E-state index contributed by atoms with van der Waals surface area (Å²) >= 11 is 1.40. The molecule has 3 aromatic rings. The molecule has 0 spiro atoms. The van der Waals surface area contributed by atoms with Crippen LogP contribution in [-0.4, -0.2) is 31.7 Å². The van der Waals surface area contributed by atoms with Gasteiger partial charge in [0.25, 0.3) is 0 Å². The Morgan fingerprint density at radius 2 is 1.81 bits per heavy atom. The van der Waals surface area contributed by atoms with Crippen molar-refractivity contribution in [1.29, 1.82) is 0 Å². The highest BCUT2D eigenvalue weighted by Gasteiger charge is 2.20. The molecule has 0 aliphatic rings. The minimum Gasteiger partial charge on any atom is -0.478 e. The maximum atomic E-state index is 12.1. The Labute approximate surface area is 191 Å². The predicted molar refractivity (Wildman–Crippen MR) is 127 cm³/mol. The van der Waals surface area contributed by atoms with Gasteiger partial charge in [-0.05, 0) is 48.1 Å². The molecule has 0 aliphatic carbocycles. The number of benzene rings is 1. The summed E-state index contributed by atoms with van der Waals surface area (Å²) in [5.74, 6) is -1.01. The Hall–Kier alpha value is -3.19. The second-order valence-electron chi connectivity index (χ2n) is 7.74. The van der Waals surface area contributed by atoms with Gasteiger partial charge in [-0.25, -0.2) is 14.6 Å². The number of imidazole rings is 1. The summed E-state index contributed by atoms with van der Waals surface area (Å²) in [7, 11) is 0. The van der Waals surface area contributed by atoms with Gasteiger partial charge in [0.15, 0.2) is 0 Å². The third-order valence-corrected chi connectivity index (χ3v) is 6.36. The molecule has 32 heavy (non-hydrogen) atoms. The average Bonchev–Trinajstić information content (AvgIpc) is 3.42. The molecule has 2 N–H and O–H groups in total. The number of aromatic carboxylic acids is 1. The standard InChI is InChI=1S/C25H28N2O4S/c1-3-4-5-6-9-22-26-15-20(17(2)23(25(30)31)21-8-7-14-32-21)27(22)16-18-10-12-19(13-11-18)24(28)29/h7-8,10-15H,3-6,9,16H2,1-2H3,(H,28,29)(H,30,31)/b23-17-. The first-order chi connectivity index (χ1) is 15.4. The average molecular weight is 453 g/mol. The first-order valence-electron chi connectivity index (χ1n) is 10.8. The normalized spacial score (nSPS) is 11.9. The van der Waals surface area contributed by atoms with Crippen LogP contribution in [0.3, 0.4) is 0 Å². The number of aromatic nitrogens is 2. The minimum absolute atomic E-state index is 0.237. The molecule has 1 aromatic carbocycles. The number of aliphatic carboxylic acids is 1. The fourth-order valence-electron chi connectivity index (χ4n) is 3.73. The van der Waals surface area contributed by atoms with E-state index in [1.807, 2.05) is 24.4 Å². The molecule has 0 saturated carbocycles. The smallest absolute Gasteiger partial charge is 0.337 e. The van der Waals surface area contributed by atoms with E-state index in [1.165, 1.54) is 17.8 Å². The number of hydrogen-bond donors (Lipinski definition) is 2.